The highest BCUT2D eigenvalue weighted by Gasteiger charge is 2.30. The number of amides is 2. The molecule has 12 heteroatoms. The van der Waals surface area contributed by atoms with Crippen molar-refractivity contribution in [2.75, 3.05) is 6.54 Å². The van der Waals surface area contributed by atoms with Crippen LogP contribution in [0.15, 0.2) is 53.3 Å². The van der Waals surface area contributed by atoms with Crippen LogP contribution in [0.5, 0.6) is 11.6 Å². The summed E-state index contributed by atoms with van der Waals surface area (Å²) >= 11 is 12.2. The van der Waals surface area contributed by atoms with Crippen molar-refractivity contribution in [3.8, 4) is 11.6 Å². The van der Waals surface area contributed by atoms with Crippen LogP contribution in [0.1, 0.15) is 31.8 Å². The molecular formula is C23H18Cl2N3O7-. The first kappa shape index (κ1) is 25.6. The van der Waals surface area contributed by atoms with E-state index in [4.69, 9.17) is 23.2 Å². The summed E-state index contributed by atoms with van der Waals surface area (Å²) in [7, 11) is 0. The van der Waals surface area contributed by atoms with Crippen molar-refractivity contribution in [3.05, 3.63) is 91.2 Å². The van der Waals surface area contributed by atoms with E-state index >= 15 is 0 Å². The van der Waals surface area contributed by atoms with Gasteiger partial charge in [-0.2, -0.15) is 0 Å². The minimum atomic E-state index is -1.65. The summed E-state index contributed by atoms with van der Waals surface area (Å²) in [5.74, 6) is -6.02. The summed E-state index contributed by atoms with van der Waals surface area (Å²) in [6, 6.07) is 12.9. The van der Waals surface area contributed by atoms with E-state index in [1.54, 1.807) is 42.5 Å². The van der Waals surface area contributed by atoms with E-state index < -0.39 is 52.6 Å². The zero-order chi connectivity index (χ0) is 25.7. The standard InChI is InChI=1S/C23H19Cl2N3O7/c24-14-7-3-1-5-12(14)9-26-20(32)17-19(31)18(21(33)27-10-16(29)30)23(35)28(22(17)34)11-13-6-2-4-8-15(13)25/h1-8,31,34H,9-11H2,(H,26,32)(H,27,33)(H,29,30)/p-1. The van der Waals surface area contributed by atoms with Crippen molar-refractivity contribution >= 4 is 41.0 Å². The van der Waals surface area contributed by atoms with Gasteiger partial charge in [0.2, 0.25) is 5.88 Å². The average Bonchev–Trinajstić information content (AvgIpc) is 2.81. The van der Waals surface area contributed by atoms with Crippen LogP contribution in [0.2, 0.25) is 10.0 Å². The van der Waals surface area contributed by atoms with E-state index in [2.05, 4.69) is 5.32 Å². The monoisotopic (exact) mass is 518 g/mol. The second kappa shape index (κ2) is 10.9. The van der Waals surface area contributed by atoms with E-state index in [0.29, 0.717) is 20.7 Å². The summed E-state index contributed by atoms with van der Waals surface area (Å²) in [6.45, 7) is -1.43. The largest absolute Gasteiger partial charge is 0.548 e. The van der Waals surface area contributed by atoms with Crippen LogP contribution >= 0.6 is 23.2 Å². The fourth-order valence-corrected chi connectivity index (χ4v) is 3.60. The number of carboxylic acids is 1. The lowest BCUT2D eigenvalue weighted by molar-refractivity contribution is -0.303. The highest BCUT2D eigenvalue weighted by Crippen LogP contribution is 2.30. The Balaban J connectivity index is 2.09. The Morgan fingerprint density at radius 1 is 0.857 bits per heavy atom. The second-order valence-corrected chi connectivity index (χ2v) is 8.05. The molecule has 0 spiro atoms. The van der Waals surface area contributed by atoms with E-state index in [1.807, 2.05) is 5.32 Å². The molecule has 0 aliphatic heterocycles. The zero-order valence-electron chi connectivity index (χ0n) is 17.9. The molecule has 0 bridgehead atoms. The van der Waals surface area contributed by atoms with Crippen LogP contribution < -0.4 is 21.3 Å². The van der Waals surface area contributed by atoms with Crippen LogP contribution in [0.3, 0.4) is 0 Å². The molecule has 4 N–H and O–H groups in total. The molecule has 2 amide bonds. The maximum Gasteiger partial charge on any atom is 0.270 e. The lowest BCUT2D eigenvalue weighted by Gasteiger charge is -2.17. The number of aliphatic carboxylic acids is 1. The predicted molar refractivity (Wildman–Crippen MR) is 125 cm³/mol. The molecule has 1 aromatic heterocycles. The number of pyridine rings is 1. The predicted octanol–water partition coefficient (Wildman–Crippen LogP) is 1.02. The van der Waals surface area contributed by atoms with E-state index in [0.717, 1.165) is 0 Å². The quantitative estimate of drug-likeness (QED) is 0.346. The van der Waals surface area contributed by atoms with E-state index in [1.165, 1.54) is 6.07 Å². The van der Waals surface area contributed by atoms with Crippen LogP contribution in [0.25, 0.3) is 0 Å². The van der Waals surface area contributed by atoms with Gasteiger partial charge in [-0.3, -0.25) is 19.0 Å². The van der Waals surface area contributed by atoms with Crippen LogP contribution in [0.4, 0.5) is 0 Å². The Bertz CT molecular complexity index is 1370. The Hall–Kier alpha value is -4.02. The molecule has 0 fully saturated rings. The summed E-state index contributed by atoms with van der Waals surface area (Å²) in [4.78, 5) is 49.2. The Morgan fingerprint density at radius 3 is 1.97 bits per heavy atom. The molecule has 0 saturated carbocycles. The van der Waals surface area contributed by atoms with E-state index in [9.17, 15) is 34.5 Å². The van der Waals surface area contributed by atoms with Gasteiger partial charge in [-0.05, 0) is 23.3 Å². The number of aromatic hydroxyl groups is 2. The number of nitrogens with zero attached hydrogens (tertiary/aromatic N) is 1. The molecule has 1 heterocycles. The average molecular weight is 519 g/mol. The van der Waals surface area contributed by atoms with Gasteiger partial charge >= 0.3 is 0 Å². The number of rotatable bonds is 8. The maximum absolute atomic E-state index is 13.0. The molecule has 0 unspecified atom stereocenters. The lowest BCUT2D eigenvalue weighted by Crippen LogP contribution is -2.41. The third-order valence-corrected chi connectivity index (χ3v) is 5.68. The van der Waals surface area contributed by atoms with E-state index in [-0.39, 0.29) is 18.1 Å². The first-order valence-corrected chi connectivity index (χ1v) is 10.8. The molecule has 3 rings (SSSR count). The van der Waals surface area contributed by atoms with Gasteiger partial charge in [0.1, 0.15) is 11.1 Å². The Morgan fingerprint density at radius 2 is 1.40 bits per heavy atom. The van der Waals surface area contributed by atoms with Gasteiger partial charge in [-0.15, -0.1) is 0 Å². The molecular weight excluding hydrogens is 501 g/mol. The number of nitrogens with one attached hydrogen (secondary N) is 2. The summed E-state index contributed by atoms with van der Waals surface area (Å²) in [5.41, 5.74) is -2.02. The highest BCUT2D eigenvalue weighted by molar-refractivity contribution is 6.31. The van der Waals surface area contributed by atoms with Crippen molar-refractivity contribution in [2.45, 2.75) is 13.1 Å². The van der Waals surface area contributed by atoms with Crippen molar-refractivity contribution in [2.24, 2.45) is 0 Å². The first-order chi connectivity index (χ1) is 16.6. The molecule has 35 heavy (non-hydrogen) atoms. The van der Waals surface area contributed by atoms with Gasteiger partial charge in [0.15, 0.2) is 5.75 Å². The molecule has 0 aliphatic carbocycles. The number of carboxylic acid groups (broad SMARTS) is 1. The number of halogens is 2. The smallest absolute Gasteiger partial charge is 0.270 e. The van der Waals surface area contributed by atoms with Gasteiger partial charge in [-0.1, -0.05) is 59.6 Å². The number of benzene rings is 2. The van der Waals surface area contributed by atoms with Crippen molar-refractivity contribution in [1.29, 1.82) is 0 Å². The van der Waals surface area contributed by atoms with Crippen molar-refractivity contribution < 1.29 is 29.7 Å². The Kier molecular flexibility index (Phi) is 8.00. The molecule has 3 aromatic rings. The zero-order valence-corrected chi connectivity index (χ0v) is 19.4. The topological polar surface area (TPSA) is 161 Å². The first-order valence-electron chi connectivity index (χ1n) is 10.0. The highest BCUT2D eigenvalue weighted by atomic mass is 35.5. The molecule has 0 atom stereocenters. The van der Waals surface area contributed by atoms with Gasteiger partial charge in [0.25, 0.3) is 17.4 Å². The summed E-state index contributed by atoms with van der Waals surface area (Å²) in [6.07, 6.45) is 0. The minimum Gasteiger partial charge on any atom is -0.548 e. The fourth-order valence-electron chi connectivity index (χ4n) is 3.20. The van der Waals surface area contributed by atoms with Gasteiger partial charge < -0.3 is 30.7 Å². The molecule has 10 nitrogen and oxygen atoms in total. The van der Waals surface area contributed by atoms with Crippen LogP contribution in [-0.4, -0.2) is 39.1 Å². The van der Waals surface area contributed by atoms with Crippen molar-refractivity contribution in [1.82, 2.24) is 15.2 Å². The fraction of sp³-hybridized carbons (Fsp3) is 0.130. The number of carbonyl (C=O) groups is 3. The Labute approximate surface area is 208 Å². The SMILES string of the molecule is O=C([O-])CNC(=O)c1c(O)c(C(=O)NCc2ccccc2Cl)c(O)n(Cc2ccccc2Cl)c1=O. The minimum absolute atomic E-state index is 0.104. The number of aromatic nitrogens is 1. The third kappa shape index (κ3) is 5.73. The number of hydrogen-bond donors (Lipinski definition) is 4. The summed E-state index contributed by atoms with van der Waals surface area (Å²) < 4.78 is 0.666. The molecule has 0 aliphatic rings. The van der Waals surface area contributed by atoms with Gasteiger partial charge in [0, 0.05) is 16.6 Å². The summed E-state index contributed by atoms with van der Waals surface area (Å²) in [5, 5.41) is 37.1. The molecule has 0 saturated heterocycles. The lowest BCUT2D eigenvalue weighted by atomic mass is 10.1. The number of carbonyl (C=O) groups excluding carboxylic acids is 3. The third-order valence-electron chi connectivity index (χ3n) is 4.94. The van der Waals surface area contributed by atoms with Gasteiger partial charge in [-0.25, -0.2) is 0 Å². The van der Waals surface area contributed by atoms with Crippen LogP contribution in [-0.2, 0) is 17.9 Å². The second-order valence-electron chi connectivity index (χ2n) is 7.23. The molecule has 0 radical (unpaired) electrons. The molecule has 2 aromatic carbocycles. The normalized spacial score (nSPS) is 10.6. The van der Waals surface area contributed by atoms with Crippen LogP contribution in [0, 0.1) is 0 Å². The number of hydrogen-bond acceptors (Lipinski definition) is 7. The van der Waals surface area contributed by atoms with Gasteiger partial charge in [0.05, 0.1) is 19.1 Å². The van der Waals surface area contributed by atoms with Crippen molar-refractivity contribution in [3.63, 3.8) is 0 Å². The molecule has 182 valence electrons. The maximum atomic E-state index is 13.0.